The molecule has 21 heavy (non-hydrogen) atoms. The summed E-state index contributed by atoms with van der Waals surface area (Å²) in [6.07, 6.45) is 8.50. The second-order valence-electron chi connectivity index (χ2n) is 6.09. The summed E-state index contributed by atoms with van der Waals surface area (Å²) in [5.41, 5.74) is 8.35. The Morgan fingerprint density at radius 1 is 1.33 bits per heavy atom. The molecule has 1 aliphatic carbocycles. The number of nitrogen functional groups attached to an aromatic ring is 1. The molecule has 0 unspecified atom stereocenters. The number of aromatic nitrogens is 2. The van der Waals surface area contributed by atoms with Gasteiger partial charge in [0, 0.05) is 17.4 Å². The molecule has 3 nitrogen and oxygen atoms in total. The minimum Gasteiger partial charge on any atom is -0.369 e. The van der Waals surface area contributed by atoms with Crippen molar-refractivity contribution in [2.45, 2.75) is 50.3 Å². The predicted octanol–water partition coefficient (Wildman–Crippen LogP) is 4.13. The lowest BCUT2D eigenvalue weighted by Crippen LogP contribution is -2.33. The van der Waals surface area contributed by atoms with Gasteiger partial charge in [-0.25, -0.2) is 9.37 Å². The Kier molecular flexibility index (Phi) is 3.86. The normalized spacial score (nSPS) is 18.2. The van der Waals surface area contributed by atoms with Crippen molar-refractivity contribution >= 4 is 28.7 Å². The second kappa shape index (κ2) is 5.52. The number of nitrogens with zero attached hydrogens (tertiary/aromatic N) is 2. The van der Waals surface area contributed by atoms with E-state index in [1.807, 2.05) is 17.8 Å². The molecule has 0 aliphatic heterocycles. The van der Waals surface area contributed by atoms with Gasteiger partial charge in [0.15, 0.2) is 0 Å². The van der Waals surface area contributed by atoms with Crippen molar-refractivity contribution < 1.29 is 4.39 Å². The van der Waals surface area contributed by atoms with E-state index in [0.29, 0.717) is 17.0 Å². The molecule has 114 valence electrons. The van der Waals surface area contributed by atoms with E-state index in [0.717, 1.165) is 12.1 Å². The number of hydrogen-bond donors (Lipinski definition) is 1. The van der Waals surface area contributed by atoms with Crippen LogP contribution in [0.5, 0.6) is 0 Å². The van der Waals surface area contributed by atoms with Crippen LogP contribution in [0.15, 0.2) is 12.1 Å². The van der Waals surface area contributed by atoms with Crippen LogP contribution >= 0.6 is 11.8 Å². The Morgan fingerprint density at radius 3 is 2.71 bits per heavy atom. The summed E-state index contributed by atoms with van der Waals surface area (Å²) in [6, 6.07) is 3.36. The molecule has 1 aromatic heterocycles. The molecule has 1 fully saturated rings. The highest BCUT2D eigenvalue weighted by Crippen LogP contribution is 2.41. The lowest BCUT2D eigenvalue weighted by Gasteiger charge is -2.36. The molecule has 0 atom stereocenters. The number of thioether (sulfide) groups is 1. The summed E-state index contributed by atoms with van der Waals surface area (Å²) in [7, 11) is 0. The third-order valence-corrected chi connectivity index (χ3v) is 6.11. The van der Waals surface area contributed by atoms with Crippen molar-refractivity contribution in [3.05, 3.63) is 23.5 Å². The molecule has 0 bridgehead atoms. The average Bonchev–Trinajstić information content (AvgIpc) is 2.76. The summed E-state index contributed by atoms with van der Waals surface area (Å²) in [6.45, 7) is 2.65. The topological polar surface area (TPSA) is 43.8 Å². The predicted molar refractivity (Wildman–Crippen MR) is 88.2 cm³/mol. The Hall–Kier alpha value is -1.23. The van der Waals surface area contributed by atoms with Gasteiger partial charge >= 0.3 is 0 Å². The lowest BCUT2D eigenvalue weighted by atomic mass is 9.88. The van der Waals surface area contributed by atoms with E-state index < -0.39 is 0 Å². The Balaban J connectivity index is 2.03. The maximum absolute atomic E-state index is 13.7. The molecule has 1 heterocycles. The van der Waals surface area contributed by atoms with E-state index in [1.165, 1.54) is 38.2 Å². The van der Waals surface area contributed by atoms with Gasteiger partial charge in [-0.05, 0) is 37.7 Å². The number of rotatable bonds is 3. The number of fused-ring (bicyclic) bond motifs is 1. The zero-order chi connectivity index (χ0) is 15.0. The first-order chi connectivity index (χ1) is 10.0. The quantitative estimate of drug-likeness (QED) is 0.927. The van der Waals surface area contributed by atoms with Gasteiger partial charge in [0.25, 0.3) is 0 Å². The first-order valence-electron chi connectivity index (χ1n) is 7.52. The number of hydrogen-bond acceptors (Lipinski definition) is 3. The molecule has 5 heteroatoms. The van der Waals surface area contributed by atoms with Crippen molar-refractivity contribution in [1.29, 1.82) is 0 Å². The number of halogens is 1. The molecule has 1 aromatic carbocycles. The van der Waals surface area contributed by atoms with E-state index in [9.17, 15) is 4.39 Å². The van der Waals surface area contributed by atoms with Gasteiger partial charge in [0.05, 0.1) is 11.0 Å². The first kappa shape index (κ1) is 14.7. The van der Waals surface area contributed by atoms with E-state index in [4.69, 9.17) is 5.73 Å². The van der Waals surface area contributed by atoms with Crippen LogP contribution < -0.4 is 5.73 Å². The molecular formula is C16H22FN3S. The number of imidazole rings is 1. The van der Waals surface area contributed by atoms with Gasteiger partial charge in [-0.2, -0.15) is 11.8 Å². The highest BCUT2D eigenvalue weighted by atomic mass is 32.2. The SMILES string of the molecule is CSC1(Cn2c(N)nc3cc(F)c(C)cc32)CCCCC1. The largest absolute Gasteiger partial charge is 0.369 e. The third kappa shape index (κ3) is 2.63. The van der Waals surface area contributed by atoms with Crippen molar-refractivity contribution in [3.8, 4) is 0 Å². The van der Waals surface area contributed by atoms with Gasteiger partial charge in [0.2, 0.25) is 5.95 Å². The monoisotopic (exact) mass is 307 g/mol. The summed E-state index contributed by atoms with van der Waals surface area (Å²) in [5.74, 6) is 0.276. The maximum atomic E-state index is 13.7. The smallest absolute Gasteiger partial charge is 0.201 e. The molecule has 3 rings (SSSR count). The van der Waals surface area contributed by atoms with Crippen molar-refractivity contribution in [3.63, 3.8) is 0 Å². The molecular weight excluding hydrogens is 285 g/mol. The van der Waals surface area contributed by atoms with Gasteiger partial charge in [0.1, 0.15) is 5.82 Å². The Morgan fingerprint density at radius 2 is 2.05 bits per heavy atom. The van der Waals surface area contributed by atoms with Crippen LogP contribution in [-0.4, -0.2) is 20.6 Å². The fourth-order valence-electron chi connectivity index (χ4n) is 3.35. The van der Waals surface area contributed by atoms with Crippen LogP contribution in [-0.2, 0) is 6.54 Å². The van der Waals surface area contributed by atoms with E-state index in [2.05, 4.69) is 15.8 Å². The number of aryl methyl sites for hydroxylation is 1. The minimum absolute atomic E-state index is 0.218. The van der Waals surface area contributed by atoms with Crippen LogP contribution in [0.25, 0.3) is 11.0 Å². The summed E-state index contributed by atoms with van der Waals surface area (Å²) < 4.78 is 16.0. The van der Waals surface area contributed by atoms with Gasteiger partial charge < -0.3 is 10.3 Å². The zero-order valence-corrected chi connectivity index (χ0v) is 13.5. The molecule has 0 saturated heterocycles. The van der Waals surface area contributed by atoms with Gasteiger partial charge in [-0.3, -0.25) is 0 Å². The molecule has 1 aliphatic rings. The summed E-state index contributed by atoms with van der Waals surface area (Å²) >= 11 is 1.94. The van der Waals surface area contributed by atoms with Crippen LogP contribution in [0, 0.1) is 12.7 Å². The van der Waals surface area contributed by atoms with Crippen LogP contribution in [0.1, 0.15) is 37.7 Å². The highest BCUT2D eigenvalue weighted by Gasteiger charge is 2.32. The maximum Gasteiger partial charge on any atom is 0.201 e. The van der Waals surface area contributed by atoms with Crippen LogP contribution in [0.3, 0.4) is 0 Å². The molecule has 2 N–H and O–H groups in total. The van der Waals surface area contributed by atoms with Gasteiger partial charge in [-0.15, -0.1) is 0 Å². The zero-order valence-electron chi connectivity index (χ0n) is 12.7. The second-order valence-corrected chi connectivity index (χ2v) is 7.37. The average molecular weight is 307 g/mol. The summed E-state index contributed by atoms with van der Waals surface area (Å²) in [4.78, 5) is 4.34. The van der Waals surface area contributed by atoms with E-state index in [1.54, 1.807) is 6.92 Å². The Labute approximate surface area is 129 Å². The molecule has 0 radical (unpaired) electrons. The fraction of sp³-hybridized carbons (Fsp3) is 0.562. The van der Waals surface area contributed by atoms with E-state index >= 15 is 0 Å². The molecule has 0 amide bonds. The van der Waals surface area contributed by atoms with Crippen molar-refractivity contribution in [1.82, 2.24) is 9.55 Å². The van der Waals surface area contributed by atoms with Gasteiger partial charge in [-0.1, -0.05) is 19.3 Å². The number of nitrogens with two attached hydrogens (primary N) is 1. The summed E-state index contributed by atoms with van der Waals surface area (Å²) in [5, 5.41) is 0. The van der Waals surface area contributed by atoms with Crippen LogP contribution in [0.2, 0.25) is 0 Å². The van der Waals surface area contributed by atoms with Crippen LogP contribution in [0.4, 0.5) is 10.3 Å². The number of benzene rings is 1. The highest BCUT2D eigenvalue weighted by molar-refractivity contribution is 8.00. The first-order valence-corrected chi connectivity index (χ1v) is 8.74. The number of anilines is 1. The molecule has 1 saturated carbocycles. The minimum atomic E-state index is -0.218. The lowest BCUT2D eigenvalue weighted by molar-refractivity contribution is 0.363. The third-order valence-electron chi connectivity index (χ3n) is 4.70. The van der Waals surface area contributed by atoms with Crippen molar-refractivity contribution in [2.75, 3.05) is 12.0 Å². The fourth-order valence-corrected chi connectivity index (χ4v) is 4.30. The Bertz CT molecular complexity index is 659. The molecule has 2 aromatic rings. The van der Waals surface area contributed by atoms with E-state index in [-0.39, 0.29) is 10.6 Å². The molecule has 0 spiro atoms. The standard InChI is InChI=1S/C16H22FN3S/c1-11-8-14-13(9-12(11)17)19-15(18)20(14)10-16(21-2)6-4-3-5-7-16/h8-9H,3-7,10H2,1-2H3,(H2,18,19). The van der Waals surface area contributed by atoms with Crippen molar-refractivity contribution in [2.24, 2.45) is 0 Å².